The van der Waals surface area contributed by atoms with Gasteiger partial charge in [-0.1, -0.05) is 47.2 Å². The highest BCUT2D eigenvalue weighted by atomic mass is 35.5. The van der Waals surface area contributed by atoms with Crippen LogP contribution in [0, 0.1) is 13.8 Å². The molecule has 25 heavy (non-hydrogen) atoms. The first kappa shape index (κ1) is 18.5. The Morgan fingerprint density at radius 1 is 1.24 bits per heavy atom. The van der Waals surface area contributed by atoms with Crippen molar-refractivity contribution in [2.24, 2.45) is 0 Å². The van der Waals surface area contributed by atoms with E-state index in [4.69, 9.17) is 35.4 Å². The smallest absolute Gasteiger partial charge is 0.266 e. The molecular weight excluding hydrogens is 395 g/mol. The first-order chi connectivity index (χ1) is 11.8. The minimum Gasteiger partial charge on any atom is -0.316 e. The molecule has 3 nitrogen and oxygen atoms in total. The summed E-state index contributed by atoms with van der Waals surface area (Å²) >= 11 is 19.0. The predicted molar refractivity (Wildman–Crippen MR) is 111 cm³/mol. The lowest BCUT2D eigenvalue weighted by Crippen LogP contribution is -2.27. The summed E-state index contributed by atoms with van der Waals surface area (Å²) < 4.78 is 2.67. The van der Waals surface area contributed by atoms with E-state index in [1.165, 1.54) is 11.8 Å². The normalized spacial score (nSPS) is 16.4. The van der Waals surface area contributed by atoms with E-state index in [-0.39, 0.29) is 5.91 Å². The molecule has 130 valence electrons. The van der Waals surface area contributed by atoms with Gasteiger partial charge in [-0.25, -0.2) is 0 Å². The summed E-state index contributed by atoms with van der Waals surface area (Å²) in [5.41, 5.74) is 3.87. The van der Waals surface area contributed by atoms with Crippen molar-refractivity contribution in [2.45, 2.75) is 20.8 Å². The van der Waals surface area contributed by atoms with Crippen LogP contribution in [-0.4, -0.2) is 26.2 Å². The molecule has 0 N–H and O–H groups in total. The Morgan fingerprint density at radius 2 is 1.96 bits per heavy atom. The number of halogens is 2. The van der Waals surface area contributed by atoms with Crippen molar-refractivity contribution in [2.75, 3.05) is 6.54 Å². The fourth-order valence-electron chi connectivity index (χ4n) is 2.88. The van der Waals surface area contributed by atoms with Gasteiger partial charge >= 0.3 is 0 Å². The number of thioether (sulfide) groups is 1. The summed E-state index contributed by atoms with van der Waals surface area (Å²) in [6.45, 7) is 6.51. The SMILES string of the molecule is CCN1C(=O)/C(=C/c2cc(C)n(-c3ccc(Cl)cc3Cl)c2C)SC1=S. The second-order valence-electron chi connectivity index (χ2n) is 5.68. The molecule has 1 aromatic carbocycles. The summed E-state index contributed by atoms with van der Waals surface area (Å²) in [6, 6.07) is 7.47. The number of hydrogen-bond acceptors (Lipinski definition) is 3. The molecule has 1 aliphatic rings. The van der Waals surface area contributed by atoms with Crippen LogP contribution in [0.25, 0.3) is 11.8 Å². The fraction of sp³-hybridized carbons (Fsp3) is 0.222. The highest BCUT2D eigenvalue weighted by Gasteiger charge is 2.31. The monoisotopic (exact) mass is 410 g/mol. The summed E-state index contributed by atoms with van der Waals surface area (Å²) in [4.78, 5) is 14.7. The molecule has 3 rings (SSSR count). The molecule has 1 saturated heterocycles. The van der Waals surface area contributed by atoms with Gasteiger partial charge in [0, 0.05) is 23.0 Å². The topological polar surface area (TPSA) is 25.2 Å². The van der Waals surface area contributed by atoms with Gasteiger partial charge < -0.3 is 4.57 Å². The number of benzene rings is 1. The van der Waals surface area contributed by atoms with E-state index in [1.54, 1.807) is 11.0 Å². The molecule has 0 atom stereocenters. The van der Waals surface area contributed by atoms with Gasteiger partial charge in [0.1, 0.15) is 4.32 Å². The molecule has 2 heterocycles. The standard InChI is InChI=1S/C18H16Cl2N2OS2/c1-4-21-17(23)16(25-18(21)24)8-12-7-10(2)22(11(12)3)15-6-5-13(19)9-14(15)20/h5-9H,4H2,1-3H3/b16-8-. The predicted octanol–water partition coefficient (Wildman–Crippen LogP) is 5.62. The number of likely N-dealkylation sites (N-methyl/N-ethyl adjacent to an activating group) is 1. The first-order valence-corrected chi connectivity index (χ1v) is 9.71. The van der Waals surface area contributed by atoms with E-state index < -0.39 is 0 Å². The van der Waals surface area contributed by atoms with Crippen molar-refractivity contribution in [3.05, 3.63) is 56.2 Å². The van der Waals surface area contributed by atoms with Crippen LogP contribution in [0.1, 0.15) is 23.9 Å². The Labute approximate surface area is 166 Å². The first-order valence-electron chi connectivity index (χ1n) is 7.73. The number of thiocarbonyl (C=S) groups is 1. The zero-order chi connectivity index (χ0) is 18.3. The van der Waals surface area contributed by atoms with Crippen LogP contribution in [0.2, 0.25) is 10.0 Å². The molecule has 0 bridgehead atoms. The number of hydrogen-bond donors (Lipinski definition) is 0. The van der Waals surface area contributed by atoms with Crippen molar-refractivity contribution in [3.8, 4) is 5.69 Å². The zero-order valence-corrected chi connectivity index (χ0v) is 17.1. The molecular formula is C18H16Cl2N2OS2. The molecule has 0 spiro atoms. The Bertz CT molecular complexity index is 918. The van der Waals surface area contributed by atoms with E-state index in [2.05, 4.69) is 4.57 Å². The van der Waals surface area contributed by atoms with Crippen LogP contribution in [0.15, 0.2) is 29.2 Å². The number of carbonyl (C=O) groups is 1. The Hall–Kier alpha value is -1.27. The van der Waals surface area contributed by atoms with Crippen LogP contribution in [-0.2, 0) is 4.79 Å². The van der Waals surface area contributed by atoms with Gasteiger partial charge in [0.25, 0.3) is 5.91 Å². The van der Waals surface area contributed by atoms with E-state index in [9.17, 15) is 4.79 Å². The molecule has 1 amide bonds. The van der Waals surface area contributed by atoms with Gasteiger partial charge in [0.05, 0.1) is 15.6 Å². The third-order valence-electron chi connectivity index (χ3n) is 4.10. The largest absolute Gasteiger partial charge is 0.316 e. The Balaban J connectivity index is 2.05. The third kappa shape index (κ3) is 3.38. The quantitative estimate of drug-likeness (QED) is 0.484. The van der Waals surface area contributed by atoms with Crippen LogP contribution >= 0.6 is 47.2 Å². The van der Waals surface area contributed by atoms with Crippen LogP contribution in [0.4, 0.5) is 0 Å². The second kappa shape index (κ2) is 7.16. The van der Waals surface area contributed by atoms with E-state index in [0.717, 1.165) is 22.6 Å². The van der Waals surface area contributed by atoms with Crippen molar-refractivity contribution in [3.63, 3.8) is 0 Å². The minimum atomic E-state index is -0.0353. The number of rotatable bonds is 3. The number of amides is 1. The number of carbonyl (C=O) groups excluding carboxylic acids is 1. The van der Waals surface area contributed by atoms with E-state index >= 15 is 0 Å². The summed E-state index contributed by atoms with van der Waals surface area (Å²) in [5, 5.41) is 1.18. The minimum absolute atomic E-state index is 0.0353. The molecule has 1 fully saturated rings. The van der Waals surface area contributed by atoms with Crippen LogP contribution in [0.3, 0.4) is 0 Å². The Morgan fingerprint density at radius 3 is 2.56 bits per heavy atom. The molecule has 0 saturated carbocycles. The van der Waals surface area contributed by atoms with E-state index in [0.29, 0.717) is 25.8 Å². The molecule has 0 aliphatic carbocycles. The lowest BCUT2D eigenvalue weighted by atomic mass is 10.2. The lowest BCUT2D eigenvalue weighted by Gasteiger charge is -2.12. The highest BCUT2D eigenvalue weighted by Crippen LogP contribution is 2.34. The van der Waals surface area contributed by atoms with Gasteiger partial charge in [-0.3, -0.25) is 9.69 Å². The average Bonchev–Trinajstić information content (AvgIpc) is 2.97. The van der Waals surface area contributed by atoms with Gasteiger partial charge in [0.2, 0.25) is 0 Å². The fourth-order valence-corrected chi connectivity index (χ4v) is 4.75. The van der Waals surface area contributed by atoms with Crippen LogP contribution in [0.5, 0.6) is 0 Å². The van der Waals surface area contributed by atoms with E-state index in [1.807, 2.05) is 45.0 Å². The van der Waals surface area contributed by atoms with Gasteiger partial charge in [0.15, 0.2) is 0 Å². The summed E-state index contributed by atoms with van der Waals surface area (Å²) in [7, 11) is 0. The summed E-state index contributed by atoms with van der Waals surface area (Å²) in [5.74, 6) is -0.0353. The Kier molecular flexibility index (Phi) is 5.30. The van der Waals surface area contributed by atoms with Gasteiger partial charge in [-0.2, -0.15) is 0 Å². The van der Waals surface area contributed by atoms with Crippen molar-refractivity contribution >= 4 is 63.5 Å². The van der Waals surface area contributed by atoms with Gasteiger partial charge in [-0.05, 0) is 56.7 Å². The summed E-state index contributed by atoms with van der Waals surface area (Å²) in [6.07, 6.45) is 1.90. The zero-order valence-electron chi connectivity index (χ0n) is 14.0. The van der Waals surface area contributed by atoms with Crippen molar-refractivity contribution < 1.29 is 4.79 Å². The van der Waals surface area contributed by atoms with Gasteiger partial charge in [-0.15, -0.1) is 0 Å². The third-order valence-corrected chi connectivity index (χ3v) is 6.01. The average molecular weight is 411 g/mol. The molecule has 1 aliphatic heterocycles. The molecule has 0 radical (unpaired) electrons. The lowest BCUT2D eigenvalue weighted by molar-refractivity contribution is -0.121. The van der Waals surface area contributed by atoms with Crippen LogP contribution < -0.4 is 0 Å². The number of aryl methyl sites for hydroxylation is 1. The molecule has 0 unspecified atom stereocenters. The van der Waals surface area contributed by atoms with Crippen molar-refractivity contribution in [1.29, 1.82) is 0 Å². The maximum absolute atomic E-state index is 12.4. The number of nitrogens with zero attached hydrogens (tertiary/aromatic N) is 2. The molecule has 1 aromatic heterocycles. The molecule has 7 heteroatoms. The maximum atomic E-state index is 12.4. The number of aromatic nitrogens is 1. The maximum Gasteiger partial charge on any atom is 0.266 e. The second-order valence-corrected chi connectivity index (χ2v) is 8.20. The van der Waals surface area contributed by atoms with Crippen molar-refractivity contribution in [1.82, 2.24) is 9.47 Å². The molecule has 2 aromatic rings. The highest BCUT2D eigenvalue weighted by molar-refractivity contribution is 8.26.